The molecule has 0 radical (unpaired) electrons. The Kier molecular flexibility index (Phi) is 5.50. The first-order valence-corrected chi connectivity index (χ1v) is 8.16. The maximum absolute atomic E-state index is 12.1. The summed E-state index contributed by atoms with van der Waals surface area (Å²) in [4.78, 5) is 16.0. The summed E-state index contributed by atoms with van der Waals surface area (Å²) in [7, 11) is 0. The number of aromatic nitrogens is 1. The predicted octanol–water partition coefficient (Wildman–Crippen LogP) is 3.65. The highest BCUT2D eigenvalue weighted by Gasteiger charge is 2.04. The average molecular weight is 359 g/mol. The van der Waals surface area contributed by atoms with E-state index >= 15 is 0 Å². The van der Waals surface area contributed by atoms with Gasteiger partial charge in [0.25, 0.3) is 0 Å². The van der Waals surface area contributed by atoms with E-state index in [1.54, 1.807) is 66.9 Å². The van der Waals surface area contributed by atoms with Crippen LogP contribution >= 0.6 is 0 Å². The molecule has 7 heteroatoms. The Bertz CT molecular complexity index is 963. The third kappa shape index (κ3) is 5.21. The zero-order valence-corrected chi connectivity index (χ0v) is 14.3. The first-order valence-electron chi connectivity index (χ1n) is 8.16. The van der Waals surface area contributed by atoms with Gasteiger partial charge in [-0.1, -0.05) is 12.1 Å². The summed E-state index contributed by atoms with van der Waals surface area (Å²) in [5.41, 5.74) is 7.53. The summed E-state index contributed by atoms with van der Waals surface area (Å²) in [6.07, 6.45) is 1.61. The van der Waals surface area contributed by atoms with E-state index in [1.165, 1.54) is 0 Å². The van der Waals surface area contributed by atoms with Crippen LogP contribution < -0.4 is 21.1 Å². The standard InChI is InChI=1S/C20H17N5O2/c21-11-14-4-7-17(8-5-14)27-18-3-1-2-16(10-18)25-20(26)24-13-15-6-9-19(22)23-12-15/h1-10,12H,13H2,(H2,22,23)(H2,24,25,26). The number of urea groups is 1. The Morgan fingerprint density at radius 1 is 1.11 bits per heavy atom. The van der Waals surface area contributed by atoms with Crippen molar-refractivity contribution in [3.8, 4) is 17.6 Å². The van der Waals surface area contributed by atoms with Crippen LogP contribution in [0.15, 0.2) is 66.9 Å². The minimum Gasteiger partial charge on any atom is -0.457 e. The van der Waals surface area contributed by atoms with Crippen molar-refractivity contribution in [2.24, 2.45) is 0 Å². The number of pyridine rings is 1. The van der Waals surface area contributed by atoms with Gasteiger partial charge in [-0.05, 0) is 48.0 Å². The minimum atomic E-state index is -0.345. The number of nitrogens with two attached hydrogens (primary N) is 1. The quantitative estimate of drug-likeness (QED) is 0.643. The van der Waals surface area contributed by atoms with E-state index < -0.39 is 0 Å². The van der Waals surface area contributed by atoms with E-state index in [2.05, 4.69) is 21.7 Å². The molecule has 7 nitrogen and oxygen atoms in total. The highest BCUT2D eigenvalue weighted by Crippen LogP contribution is 2.24. The van der Waals surface area contributed by atoms with Crippen molar-refractivity contribution in [2.45, 2.75) is 6.54 Å². The summed E-state index contributed by atoms with van der Waals surface area (Å²) in [5.74, 6) is 1.61. The van der Waals surface area contributed by atoms with Crippen molar-refractivity contribution < 1.29 is 9.53 Å². The second kappa shape index (κ2) is 8.36. The van der Waals surface area contributed by atoms with E-state index in [1.807, 2.05) is 0 Å². The molecule has 0 aliphatic heterocycles. The van der Waals surface area contributed by atoms with Crippen LogP contribution in [0, 0.1) is 11.3 Å². The number of carbonyl (C=O) groups excluding carboxylic acids is 1. The molecular weight excluding hydrogens is 342 g/mol. The van der Waals surface area contributed by atoms with Crippen LogP contribution in [0.4, 0.5) is 16.3 Å². The zero-order chi connectivity index (χ0) is 19.1. The second-order valence-corrected chi connectivity index (χ2v) is 5.67. The third-order valence-electron chi connectivity index (χ3n) is 3.61. The van der Waals surface area contributed by atoms with E-state index in [0.29, 0.717) is 35.1 Å². The first-order chi connectivity index (χ1) is 13.1. The molecule has 0 aliphatic rings. The molecule has 0 unspecified atom stereocenters. The van der Waals surface area contributed by atoms with Crippen LogP contribution in [0.1, 0.15) is 11.1 Å². The molecule has 0 bridgehead atoms. The van der Waals surface area contributed by atoms with Crippen molar-refractivity contribution in [2.75, 3.05) is 11.1 Å². The highest BCUT2D eigenvalue weighted by molar-refractivity contribution is 5.89. The summed E-state index contributed by atoms with van der Waals surface area (Å²) < 4.78 is 5.74. The SMILES string of the molecule is N#Cc1ccc(Oc2cccc(NC(=O)NCc3ccc(N)nc3)c2)cc1. The summed E-state index contributed by atoms with van der Waals surface area (Å²) in [6, 6.07) is 19.0. The summed E-state index contributed by atoms with van der Waals surface area (Å²) in [5, 5.41) is 14.3. The van der Waals surface area contributed by atoms with Gasteiger partial charge in [0, 0.05) is 24.5 Å². The fraction of sp³-hybridized carbons (Fsp3) is 0.0500. The Balaban J connectivity index is 1.57. The molecule has 3 aromatic rings. The van der Waals surface area contributed by atoms with E-state index in [-0.39, 0.29) is 6.03 Å². The lowest BCUT2D eigenvalue weighted by Crippen LogP contribution is -2.28. The summed E-state index contributed by atoms with van der Waals surface area (Å²) >= 11 is 0. The lowest BCUT2D eigenvalue weighted by atomic mass is 10.2. The van der Waals surface area contributed by atoms with Gasteiger partial charge < -0.3 is 21.1 Å². The second-order valence-electron chi connectivity index (χ2n) is 5.67. The minimum absolute atomic E-state index is 0.334. The number of nitrogens with one attached hydrogen (secondary N) is 2. The Hall–Kier alpha value is -4.05. The van der Waals surface area contributed by atoms with Gasteiger partial charge in [-0.2, -0.15) is 5.26 Å². The van der Waals surface area contributed by atoms with Crippen molar-refractivity contribution in [3.05, 3.63) is 78.0 Å². The molecule has 1 aromatic heterocycles. The first kappa shape index (κ1) is 17.8. The average Bonchev–Trinajstić information content (AvgIpc) is 2.68. The third-order valence-corrected chi connectivity index (χ3v) is 3.61. The van der Waals surface area contributed by atoms with Gasteiger partial charge >= 0.3 is 6.03 Å². The number of anilines is 2. The number of hydrogen-bond donors (Lipinski definition) is 3. The van der Waals surface area contributed by atoms with Crippen LogP contribution in [-0.4, -0.2) is 11.0 Å². The monoisotopic (exact) mass is 359 g/mol. The number of amides is 2. The molecule has 0 atom stereocenters. The van der Waals surface area contributed by atoms with Gasteiger partial charge in [-0.15, -0.1) is 0 Å². The molecule has 0 saturated heterocycles. The lowest BCUT2D eigenvalue weighted by Gasteiger charge is -2.10. The molecule has 0 aliphatic carbocycles. The number of hydrogen-bond acceptors (Lipinski definition) is 5. The van der Waals surface area contributed by atoms with Gasteiger partial charge in [-0.3, -0.25) is 0 Å². The maximum atomic E-state index is 12.1. The molecule has 2 aromatic carbocycles. The fourth-order valence-corrected chi connectivity index (χ4v) is 2.27. The number of benzene rings is 2. The molecule has 2 amide bonds. The van der Waals surface area contributed by atoms with E-state index in [9.17, 15) is 4.79 Å². The normalized spacial score (nSPS) is 9.89. The maximum Gasteiger partial charge on any atom is 0.319 e. The number of nitriles is 1. The Labute approximate surface area is 156 Å². The molecule has 3 rings (SSSR count). The van der Waals surface area contributed by atoms with E-state index in [4.69, 9.17) is 15.7 Å². The number of nitrogen functional groups attached to an aromatic ring is 1. The molecule has 1 heterocycles. The Morgan fingerprint density at radius 3 is 2.63 bits per heavy atom. The smallest absolute Gasteiger partial charge is 0.319 e. The van der Waals surface area contributed by atoms with Crippen LogP contribution in [0.2, 0.25) is 0 Å². The van der Waals surface area contributed by atoms with Crippen LogP contribution in [0.3, 0.4) is 0 Å². The summed E-state index contributed by atoms with van der Waals surface area (Å²) in [6.45, 7) is 0.334. The van der Waals surface area contributed by atoms with Crippen molar-refractivity contribution >= 4 is 17.5 Å². The van der Waals surface area contributed by atoms with Gasteiger partial charge in [-0.25, -0.2) is 9.78 Å². The molecule has 27 heavy (non-hydrogen) atoms. The van der Waals surface area contributed by atoms with Crippen molar-refractivity contribution in [1.82, 2.24) is 10.3 Å². The highest BCUT2D eigenvalue weighted by atomic mass is 16.5. The fourth-order valence-electron chi connectivity index (χ4n) is 2.27. The van der Waals surface area contributed by atoms with Gasteiger partial charge in [0.2, 0.25) is 0 Å². The largest absolute Gasteiger partial charge is 0.457 e. The number of nitrogens with zero attached hydrogens (tertiary/aromatic N) is 2. The molecule has 4 N–H and O–H groups in total. The van der Waals surface area contributed by atoms with Crippen LogP contribution in [-0.2, 0) is 6.54 Å². The van der Waals surface area contributed by atoms with Gasteiger partial charge in [0.05, 0.1) is 11.6 Å². The van der Waals surface area contributed by atoms with Crippen LogP contribution in [0.5, 0.6) is 11.5 Å². The molecule has 0 fully saturated rings. The molecule has 134 valence electrons. The predicted molar refractivity (Wildman–Crippen MR) is 102 cm³/mol. The molecule has 0 saturated carbocycles. The number of ether oxygens (including phenoxy) is 1. The number of rotatable bonds is 5. The van der Waals surface area contributed by atoms with Crippen LogP contribution in [0.25, 0.3) is 0 Å². The van der Waals surface area contributed by atoms with Crippen molar-refractivity contribution in [3.63, 3.8) is 0 Å². The number of carbonyl (C=O) groups is 1. The lowest BCUT2D eigenvalue weighted by molar-refractivity contribution is 0.251. The van der Waals surface area contributed by atoms with Gasteiger partial charge in [0.15, 0.2) is 0 Å². The Morgan fingerprint density at radius 2 is 1.93 bits per heavy atom. The molecular formula is C20H17N5O2. The zero-order valence-electron chi connectivity index (χ0n) is 14.3. The van der Waals surface area contributed by atoms with Gasteiger partial charge in [0.1, 0.15) is 17.3 Å². The molecule has 0 spiro atoms. The van der Waals surface area contributed by atoms with Crippen molar-refractivity contribution in [1.29, 1.82) is 5.26 Å². The van der Waals surface area contributed by atoms with E-state index in [0.717, 1.165) is 5.56 Å². The topological polar surface area (TPSA) is 113 Å².